The molecular weight excluding hydrogens is 392 g/mol. The Labute approximate surface area is 172 Å². The third-order valence-corrected chi connectivity index (χ3v) is 5.36. The highest BCUT2D eigenvalue weighted by atomic mass is 32.2. The van der Waals surface area contributed by atoms with Crippen LogP contribution in [0.15, 0.2) is 51.3 Å². The number of thioether (sulfide) groups is 1. The number of nitrogens with two attached hydrogens (primary N) is 1. The normalized spacial score (nSPS) is 18.4. The van der Waals surface area contributed by atoms with E-state index in [9.17, 15) is 14.9 Å². The molecule has 0 fully saturated rings. The number of allylic oxidation sites excluding steroid dienone is 2. The highest BCUT2D eigenvalue weighted by molar-refractivity contribution is 8.17. The molecular formula is C20H20N4O4S. The largest absolute Gasteiger partial charge is 0.465 e. The minimum atomic E-state index is -0.640. The fraction of sp³-hybridized carbons (Fsp3) is 0.300. The van der Waals surface area contributed by atoms with E-state index in [4.69, 9.17) is 15.2 Å². The van der Waals surface area contributed by atoms with Gasteiger partial charge in [-0.05, 0) is 50.2 Å². The van der Waals surface area contributed by atoms with Crippen LogP contribution >= 0.6 is 11.8 Å². The predicted molar refractivity (Wildman–Crippen MR) is 108 cm³/mol. The average molecular weight is 412 g/mol. The van der Waals surface area contributed by atoms with Crippen LogP contribution in [0.3, 0.4) is 0 Å². The second-order valence-corrected chi connectivity index (χ2v) is 7.64. The van der Waals surface area contributed by atoms with Gasteiger partial charge in [0.15, 0.2) is 5.17 Å². The second kappa shape index (κ2) is 8.01. The summed E-state index contributed by atoms with van der Waals surface area (Å²) in [6.07, 6.45) is -0.314. The van der Waals surface area contributed by atoms with Gasteiger partial charge in [0.1, 0.15) is 16.8 Å². The molecule has 0 radical (unpaired) electrons. The van der Waals surface area contributed by atoms with Crippen LogP contribution in [0.2, 0.25) is 0 Å². The van der Waals surface area contributed by atoms with E-state index in [0.29, 0.717) is 32.5 Å². The summed E-state index contributed by atoms with van der Waals surface area (Å²) in [7, 11) is 1.31. The number of methoxy groups -OCH3 is 1. The minimum Gasteiger partial charge on any atom is -0.465 e. The zero-order valence-corrected chi connectivity index (χ0v) is 17.2. The Bertz CT molecular complexity index is 1000. The van der Waals surface area contributed by atoms with Crippen molar-refractivity contribution in [3.05, 3.63) is 57.4 Å². The van der Waals surface area contributed by atoms with Gasteiger partial charge in [-0.2, -0.15) is 5.26 Å². The molecule has 1 atom stereocenters. The van der Waals surface area contributed by atoms with Gasteiger partial charge in [0, 0.05) is 0 Å². The molecule has 0 spiro atoms. The first-order valence-corrected chi connectivity index (χ1v) is 9.65. The van der Waals surface area contributed by atoms with Crippen molar-refractivity contribution in [2.75, 3.05) is 7.11 Å². The lowest BCUT2D eigenvalue weighted by molar-refractivity contribution is -0.143. The topological polar surface area (TPSA) is 118 Å². The van der Waals surface area contributed by atoms with E-state index < -0.39 is 18.0 Å². The number of carbonyl (C=O) groups is 2. The number of carbonyl (C=O) groups excluding carboxylic acids is 2. The Morgan fingerprint density at radius 3 is 2.48 bits per heavy atom. The van der Waals surface area contributed by atoms with Crippen molar-refractivity contribution in [2.45, 2.75) is 32.9 Å². The predicted octanol–water partition coefficient (Wildman–Crippen LogP) is 2.81. The lowest BCUT2D eigenvalue weighted by atomic mass is 9.93. The van der Waals surface area contributed by atoms with E-state index in [-0.39, 0.29) is 11.9 Å². The highest BCUT2D eigenvalue weighted by Gasteiger charge is 2.42. The average Bonchev–Trinajstić information content (AvgIpc) is 3.01. The Kier molecular flexibility index (Phi) is 5.66. The van der Waals surface area contributed by atoms with Crippen molar-refractivity contribution in [1.29, 1.82) is 5.26 Å². The molecule has 2 N–H and O–H groups in total. The maximum absolute atomic E-state index is 12.9. The summed E-state index contributed by atoms with van der Waals surface area (Å²) in [5.74, 6) is -0.747. The van der Waals surface area contributed by atoms with Crippen molar-refractivity contribution in [3.8, 4) is 6.07 Å². The van der Waals surface area contributed by atoms with Gasteiger partial charge in [-0.15, -0.1) is 0 Å². The SMILES string of the molecule is COC(=O)c1ccc([C@@H]2C(C(=O)OC(C)C)=C(C)N=C3SC(C#N)=C(N)N32)cc1. The molecule has 0 saturated heterocycles. The molecule has 3 rings (SSSR count). The number of hydrogen-bond acceptors (Lipinski definition) is 9. The number of nitrogens with zero attached hydrogens (tertiary/aromatic N) is 3. The number of benzene rings is 1. The Hall–Kier alpha value is -3.25. The first-order chi connectivity index (χ1) is 13.8. The van der Waals surface area contributed by atoms with Crippen molar-refractivity contribution < 1.29 is 19.1 Å². The Balaban J connectivity index is 2.13. The van der Waals surface area contributed by atoms with Gasteiger partial charge in [-0.25, -0.2) is 14.6 Å². The van der Waals surface area contributed by atoms with E-state index in [0.717, 1.165) is 11.8 Å². The minimum absolute atomic E-state index is 0.223. The van der Waals surface area contributed by atoms with Gasteiger partial charge < -0.3 is 15.2 Å². The number of aliphatic imine (C=N–C) groups is 1. The molecule has 29 heavy (non-hydrogen) atoms. The highest BCUT2D eigenvalue weighted by Crippen LogP contribution is 2.45. The van der Waals surface area contributed by atoms with Crippen LogP contribution in [-0.2, 0) is 14.3 Å². The summed E-state index contributed by atoms with van der Waals surface area (Å²) in [4.78, 5) is 31.1. The van der Waals surface area contributed by atoms with Crippen LogP contribution < -0.4 is 5.73 Å². The van der Waals surface area contributed by atoms with E-state index in [2.05, 4.69) is 11.1 Å². The lowest BCUT2D eigenvalue weighted by Crippen LogP contribution is -2.39. The van der Waals surface area contributed by atoms with Crippen LogP contribution in [-0.4, -0.2) is 35.2 Å². The van der Waals surface area contributed by atoms with E-state index >= 15 is 0 Å². The van der Waals surface area contributed by atoms with E-state index in [1.165, 1.54) is 7.11 Å². The van der Waals surface area contributed by atoms with Crippen molar-refractivity contribution in [2.24, 2.45) is 10.7 Å². The first-order valence-electron chi connectivity index (χ1n) is 8.84. The summed E-state index contributed by atoms with van der Waals surface area (Å²) < 4.78 is 10.2. The van der Waals surface area contributed by atoms with Crippen LogP contribution in [0.1, 0.15) is 42.7 Å². The molecule has 2 aliphatic rings. The molecule has 2 heterocycles. The summed E-state index contributed by atoms with van der Waals surface area (Å²) >= 11 is 1.15. The quantitative estimate of drug-likeness (QED) is 0.750. The molecule has 0 bridgehead atoms. The number of ether oxygens (including phenoxy) is 2. The van der Waals surface area contributed by atoms with Crippen LogP contribution in [0.4, 0.5) is 0 Å². The molecule has 1 aromatic carbocycles. The molecule has 8 nitrogen and oxygen atoms in total. The molecule has 150 valence electrons. The summed E-state index contributed by atoms with van der Waals surface area (Å²) in [5, 5.41) is 9.89. The molecule has 2 aliphatic heterocycles. The number of rotatable bonds is 4. The van der Waals surface area contributed by atoms with Crippen LogP contribution in [0.25, 0.3) is 0 Å². The third-order valence-electron chi connectivity index (χ3n) is 4.39. The first kappa shape index (κ1) is 20.5. The molecule has 0 unspecified atom stereocenters. The number of amidine groups is 1. The fourth-order valence-corrected chi connectivity index (χ4v) is 4.03. The van der Waals surface area contributed by atoms with Gasteiger partial charge in [-0.3, -0.25) is 4.90 Å². The van der Waals surface area contributed by atoms with Gasteiger partial charge in [0.05, 0.1) is 36.1 Å². The van der Waals surface area contributed by atoms with Gasteiger partial charge in [0.2, 0.25) is 0 Å². The second-order valence-electron chi connectivity index (χ2n) is 6.66. The van der Waals surface area contributed by atoms with Crippen molar-refractivity contribution in [3.63, 3.8) is 0 Å². The van der Waals surface area contributed by atoms with Crippen molar-refractivity contribution in [1.82, 2.24) is 4.90 Å². The fourth-order valence-electron chi connectivity index (χ4n) is 3.11. The summed E-state index contributed by atoms with van der Waals surface area (Å²) in [5.41, 5.74) is 8.11. The molecule has 0 aliphatic carbocycles. The van der Waals surface area contributed by atoms with Crippen molar-refractivity contribution >= 4 is 28.9 Å². The number of fused-ring (bicyclic) bond motifs is 1. The number of nitriles is 1. The third kappa shape index (κ3) is 3.71. The van der Waals surface area contributed by atoms with Gasteiger partial charge in [-0.1, -0.05) is 12.1 Å². The van der Waals surface area contributed by atoms with Gasteiger partial charge >= 0.3 is 11.9 Å². The summed E-state index contributed by atoms with van der Waals surface area (Å²) in [6, 6.07) is 8.09. The molecule has 9 heteroatoms. The zero-order valence-electron chi connectivity index (χ0n) is 16.4. The molecule has 1 aromatic rings. The maximum Gasteiger partial charge on any atom is 0.338 e. The Morgan fingerprint density at radius 1 is 1.28 bits per heavy atom. The van der Waals surface area contributed by atoms with Crippen LogP contribution in [0, 0.1) is 11.3 Å². The number of esters is 2. The monoisotopic (exact) mass is 412 g/mol. The molecule has 0 amide bonds. The lowest BCUT2D eigenvalue weighted by Gasteiger charge is -2.35. The van der Waals surface area contributed by atoms with Gasteiger partial charge in [0.25, 0.3) is 0 Å². The smallest absolute Gasteiger partial charge is 0.338 e. The Morgan fingerprint density at radius 2 is 1.93 bits per heavy atom. The zero-order chi connectivity index (χ0) is 21.3. The summed E-state index contributed by atoms with van der Waals surface area (Å²) in [6.45, 7) is 5.25. The molecule has 0 saturated carbocycles. The number of hydrogen-bond donors (Lipinski definition) is 1. The van der Waals surface area contributed by atoms with E-state index in [1.54, 1.807) is 49.9 Å². The molecule has 0 aromatic heterocycles. The maximum atomic E-state index is 12.9. The van der Waals surface area contributed by atoms with E-state index in [1.807, 2.05) is 0 Å². The standard InChI is InChI=1S/C20H20N4O4S/c1-10(2)28-19(26)15-11(3)23-20-24(17(22)14(9-21)29-20)16(15)12-5-7-13(8-6-12)18(25)27-4/h5-8,10,16H,22H2,1-4H3/t16-/m1/s1. The van der Waals surface area contributed by atoms with Crippen LogP contribution in [0.5, 0.6) is 0 Å².